The normalized spacial score (nSPS) is 11.2. The molecule has 0 fully saturated rings. The van der Waals surface area contributed by atoms with Gasteiger partial charge in [0.2, 0.25) is 5.91 Å². The van der Waals surface area contributed by atoms with Crippen molar-refractivity contribution in [1.82, 2.24) is 5.32 Å². The molecule has 0 bridgehead atoms. The zero-order valence-electron chi connectivity index (χ0n) is 38.5. The summed E-state index contributed by atoms with van der Waals surface area (Å²) < 4.78 is 17.0. The SMILES string of the molecule is CCCCCCCCCCCCCC(=O)OCC(COC(=O)CCCCCCCCCCCCC)(COC(=O)CCCCCCCCCCCCC)NC(=O)CN=[N+]=[N-]. The number of amides is 1. The van der Waals surface area contributed by atoms with Gasteiger partial charge in [-0.1, -0.05) is 219 Å². The van der Waals surface area contributed by atoms with Crippen LogP contribution in [0.25, 0.3) is 10.4 Å². The Hall–Kier alpha value is -2.81. The van der Waals surface area contributed by atoms with E-state index in [2.05, 4.69) is 36.1 Å². The first-order valence-electron chi connectivity index (χ1n) is 24.6. The lowest BCUT2D eigenvalue weighted by molar-refractivity contribution is -0.159. The van der Waals surface area contributed by atoms with E-state index in [4.69, 9.17) is 19.7 Å². The largest absolute Gasteiger partial charge is 0.463 e. The highest BCUT2D eigenvalue weighted by Gasteiger charge is 2.37. The second-order valence-corrected chi connectivity index (χ2v) is 17.1. The molecule has 0 aromatic carbocycles. The summed E-state index contributed by atoms with van der Waals surface area (Å²) >= 11 is 0. The van der Waals surface area contributed by atoms with E-state index in [1.165, 1.54) is 135 Å². The summed E-state index contributed by atoms with van der Waals surface area (Å²) in [6.07, 6.45) is 39.0. The smallest absolute Gasteiger partial charge is 0.305 e. The van der Waals surface area contributed by atoms with Crippen LogP contribution < -0.4 is 5.32 Å². The molecular formula is C48H90N4O7. The minimum absolute atomic E-state index is 0.219. The maximum absolute atomic E-state index is 12.9. The number of nitrogens with zero attached hydrogens (tertiary/aromatic N) is 3. The standard InChI is InChI=1S/C48H90N4O7/c1-4-7-10-13-16-19-22-25-28-31-34-37-45(54)57-41-48(51-44(53)40-50-52-49,42-58-46(55)38-35-32-29-26-23-20-17-14-11-8-5-2)43-59-47(56)39-36-33-30-27-24-21-18-15-12-9-6-3/h4-43H2,1-3H3,(H,51,53). The summed E-state index contributed by atoms with van der Waals surface area (Å²) in [4.78, 5) is 54.4. The summed E-state index contributed by atoms with van der Waals surface area (Å²) in [5.74, 6) is -1.97. The van der Waals surface area contributed by atoms with Crippen LogP contribution in [-0.2, 0) is 33.4 Å². The lowest BCUT2D eigenvalue weighted by Gasteiger charge is -2.33. The Morgan fingerprint density at radius 3 is 0.898 bits per heavy atom. The number of ether oxygens (including phenoxy) is 3. The summed E-state index contributed by atoms with van der Waals surface area (Å²) in [6, 6.07) is 0. The van der Waals surface area contributed by atoms with Crippen LogP contribution in [0.4, 0.5) is 0 Å². The zero-order valence-corrected chi connectivity index (χ0v) is 38.5. The van der Waals surface area contributed by atoms with Crippen molar-refractivity contribution in [2.75, 3.05) is 26.4 Å². The van der Waals surface area contributed by atoms with Crippen molar-refractivity contribution in [3.63, 3.8) is 0 Å². The quantitative estimate of drug-likeness (QED) is 0.0160. The maximum Gasteiger partial charge on any atom is 0.305 e. The van der Waals surface area contributed by atoms with Crippen molar-refractivity contribution in [1.29, 1.82) is 0 Å². The van der Waals surface area contributed by atoms with Gasteiger partial charge in [0, 0.05) is 24.2 Å². The van der Waals surface area contributed by atoms with Gasteiger partial charge < -0.3 is 19.5 Å². The van der Waals surface area contributed by atoms with E-state index in [-0.39, 0.29) is 39.1 Å². The molecule has 344 valence electrons. The Labute approximate surface area is 361 Å². The van der Waals surface area contributed by atoms with E-state index in [0.29, 0.717) is 19.3 Å². The van der Waals surface area contributed by atoms with Gasteiger partial charge in [0.25, 0.3) is 0 Å². The van der Waals surface area contributed by atoms with Gasteiger partial charge in [0.1, 0.15) is 31.9 Å². The van der Waals surface area contributed by atoms with Gasteiger partial charge in [-0.15, -0.1) is 0 Å². The minimum atomic E-state index is -1.53. The van der Waals surface area contributed by atoms with Gasteiger partial charge in [-0.25, -0.2) is 0 Å². The predicted molar refractivity (Wildman–Crippen MR) is 241 cm³/mol. The number of hydrogen-bond donors (Lipinski definition) is 1. The fourth-order valence-electron chi connectivity index (χ4n) is 7.34. The van der Waals surface area contributed by atoms with E-state index in [9.17, 15) is 19.2 Å². The number of azide groups is 1. The van der Waals surface area contributed by atoms with E-state index in [1.807, 2.05) is 0 Å². The van der Waals surface area contributed by atoms with Gasteiger partial charge in [0.05, 0.1) is 0 Å². The number of unbranched alkanes of at least 4 members (excludes halogenated alkanes) is 30. The highest BCUT2D eigenvalue weighted by atomic mass is 16.6. The molecule has 0 aliphatic heterocycles. The number of carbonyl (C=O) groups is 4. The topological polar surface area (TPSA) is 157 Å². The van der Waals surface area contributed by atoms with Gasteiger partial charge >= 0.3 is 17.9 Å². The highest BCUT2D eigenvalue weighted by Crippen LogP contribution is 2.17. The van der Waals surface area contributed by atoms with Gasteiger partial charge in [-0.05, 0) is 24.8 Å². The van der Waals surface area contributed by atoms with Crippen molar-refractivity contribution < 1.29 is 33.4 Å². The third-order valence-corrected chi connectivity index (χ3v) is 11.2. The Morgan fingerprint density at radius 1 is 0.424 bits per heavy atom. The molecule has 0 saturated carbocycles. The van der Waals surface area contributed by atoms with Crippen LogP contribution in [0.5, 0.6) is 0 Å². The Kier molecular flexibility index (Phi) is 41.2. The minimum Gasteiger partial charge on any atom is -0.463 e. The van der Waals surface area contributed by atoms with E-state index < -0.39 is 35.9 Å². The first-order valence-corrected chi connectivity index (χ1v) is 24.6. The molecule has 0 aromatic heterocycles. The lowest BCUT2D eigenvalue weighted by Crippen LogP contribution is -2.59. The summed E-state index contributed by atoms with van der Waals surface area (Å²) in [6.45, 7) is 5.11. The van der Waals surface area contributed by atoms with Crippen LogP contribution in [0.1, 0.15) is 252 Å². The Morgan fingerprint density at radius 2 is 0.661 bits per heavy atom. The van der Waals surface area contributed by atoms with Crippen molar-refractivity contribution in [2.24, 2.45) is 5.11 Å². The Balaban J connectivity index is 5.15. The van der Waals surface area contributed by atoms with Crippen molar-refractivity contribution in [3.8, 4) is 0 Å². The predicted octanol–water partition coefficient (Wildman–Crippen LogP) is 13.9. The molecule has 0 atom stereocenters. The molecule has 59 heavy (non-hydrogen) atoms. The Bertz CT molecular complexity index is 963. The lowest BCUT2D eigenvalue weighted by atomic mass is 10.0. The second-order valence-electron chi connectivity index (χ2n) is 17.1. The highest BCUT2D eigenvalue weighted by molar-refractivity contribution is 5.79. The van der Waals surface area contributed by atoms with Crippen LogP contribution in [0.2, 0.25) is 0 Å². The summed E-state index contributed by atoms with van der Waals surface area (Å²) in [5.41, 5.74) is 7.29. The molecule has 1 N–H and O–H groups in total. The molecule has 11 heteroatoms. The van der Waals surface area contributed by atoms with Crippen LogP contribution in [0.3, 0.4) is 0 Å². The molecule has 1 amide bonds. The third kappa shape index (κ3) is 39.1. The fourth-order valence-corrected chi connectivity index (χ4v) is 7.34. The van der Waals surface area contributed by atoms with Crippen LogP contribution in [0, 0.1) is 0 Å². The average Bonchev–Trinajstić information content (AvgIpc) is 3.23. The number of nitrogens with one attached hydrogen (secondary N) is 1. The van der Waals surface area contributed by atoms with Gasteiger partial charge in [-0.3, -0.25) is 19.2 Å². The van der Waals surface area contributed by atoms with Crippen molar-refractivity contribution in [3.05, 3.63) is 10.4 Å². The number of carbonyl (C=O) groups excluding carboxylic acids is 4. The van der Waals surface area contributed by atoms with Gasteiger partial charge in [0.15, 0.2) is 0 Å². The fraction of sp³-hybridized carbons (Fsp3) is 0.917. The zero-order chi connectivity index (χ0) is 43.3. The van der Waals surface area contributed by atoms with Crippen LogP contribution in [0.15, 0.2) is 5.11 Å². The first-order chi connectivity index (χ1) is 28.8. The maximum atomic E-state index is 12.9. The summed E-state index contributed by atoms with van der Waals surface area (Å²) in [7, 11) is 0. The number of hydrogen-bond acceptors (Lipinski definition) is 8. The van der Waals surface area contributed by atoms with Gasteiger partial charge in [-0.2, -0.15) is 0 Å². The molecule has 0 rings (SSSR count). The van der Waals surface area contributed by atoms with Crippen LogP contribution in [-0.4, -0.2) is 55.7 Å². The van der Waals surface area contributed by atoms with E-state index in [0.717, 1.165) is 57.8 Å². The average molecular weight is 835 g/mol. The monoisotopic (exact) mass is 835 g/mol. The van der Waals surface area contributed by atoms with Crippen molar-refractivity contribution >= 4 is 23.8 Å². The molecule has 0 saturated heterocycles. The third-order valence-electron chi connectivity index (χ3n) is 11.2. The second kappa shape index (κ2) is 43.3. The number of esters is 3. The molecule has 0 radical (unpaired) electrons. The molecule has 0 aliphatic carbocycles. The van der Waals surface area contributed by atoms with E-state index >= 15 is 0 Å². The molecule has 0 heterocycles. The molecule has 11 nitrogen and oxygen atoms in total. The molecule has 0 unspecified atom stereocenters. The van der Waals surface area contributed by atoms with E-state index in [1.54, 1.807) is 0 Å². The molecule has 0 aromatic rings. The van der Waals surface area contributed by atoms with Crippen LogP contribution >= 0.6 is 0 Å². The first kappa shape index (κ1) is 56.2. The number of rotatable bonds is 45. The molecule has 0 spiro atoms. The molecular weight excluding hydrogens is 745 g/mol. The summed E-state index contributed by atoms with van der Waals surface area (Å²) in [5, 5.41) is 6.10. The molecule has 0 aliphatic rings. The van der Waals surface area contributed by atoms with Crippen molar-refractivity contribution in [2.45, 2.75) is 257 Å².